The Kier molecular flexibility index (Phi) is 6.65. The lowest BCUT2D eigenvalue weighted by atomic mass is 10.5. The fourth-order valence-corrected chi connectivity index (χ4v) is 1.53. The molecule has 0 aliphatic heterocycles. The minimum Gasteiger partial charge on any atom is -0.478 e. The lowest BCUT2D eigenvalue weighted by Gasteiger charge is -2.21. The summed E-state index contributed by atoms with van der Waals surface area (Å²) < 4.78 is 10.4. The first-order valence-electron chi connectivity index (χ1n) is 5.57. The smallest absolute Gasteiger partial charge is 0.228 e. The van der Waals surface area contributed by atoms with Crippen LogP contribution in [0, 0.1) is 0 Å². The average molecular weight is 260 g/mol. The molecule has 0 aliphatic carbocycles. The highest BCUT2D eigenvalue weighted by molar-refractivity contribution is 6.18. The van der Waals surface area contributed by atoms with Crippen molar-refractivity contribution in [2.24, 2.45) is 0 Å². The quantitative estimate of drug-likeness (QED) is 0.663. The highest BCUT2D eigenvalue weighted by Crippen LogP contribution is 2.12. The molecule has 0 radical (unpaired) electrons. The first kappa shape index (κ1) is 14.0. The molecule has 1 aromatic heterocycles. The molecule has 0 saturated heterocycles. The van der Waals surface area contributed by atoms with Gasteiger partial charge in [-0.15, -0.1) is 11.6 Å². The second-order valence-electron chi connectivity index (χ2n) is 3.30. The Morgan fingerprint density at radius 1 is 1.41 bits per heavy atom. The van der Waals surface area contributed by atoms with Crippen LogP contribution in [-0.2, 0) is 4.74 Å². The summed E-state index contributed by atoms with van der Waals surface area (Å²) in [6, 6.07) is 1.74. The Labute approximate surface area is 107 Å². The van der Waals surface area contributed by atoms with E-state index in [1.54, 1.807) is 19.4 Å². The maximum Gasteiger partial charge on any atom is 0.228 e. The van der Waals surface area contributed by atoms with Crippen LogP contribution < -0.4 is 9.64 Å². The Morgan fingerprint density at radius 3 is 2.88 bits per heavy atom. The molecule has 17 heavy (non-hydrogen) atoms. The number of anilines is 1. The van der Waals surface area contributed by atoms with Gasteiger partial charge in [-0.3, -0.25) is 0 Å². The van der Waals surface area contributed by atoms with Crippen molar-refractivity contribution < 1.29 is 9.47 Å². The van der Waals surface area contributed by atoms with Crippen molar-refractivity contribution in [3.05, 3.63) is 12.3 Å². The number of ether oxygens (including phenoxy) is 2. The van der Waals surface area contributed by atoms with E-state index in [2.05, 4.69) is 9.97 Å². The van der Waals surface area contributed by atoms with Gasteiger partial charge in [-0.2, -0.15) is 4.98 Å². The van der Waals surface area contributed by atoms with Gasteiger partial charge in [0.05, 0.1) is 13.2 Å². The molecule has 0 aliphatic rings. The predicted octanol–water partition coefficient (Wildman–Crippen LogP) is 1.57. The minimum atomic E-state index is 0.520. The number of halogens is 1. The number of rotatable bonds is 8. The van der Waals surface area contributed by atoms with Crippen molar-refractivity contribution in [2.75, 3.05) is 44.2 Å². The number of aromatic nitrogens is 2. The summed E-state index contributed by atoms with van der Waals surface area (Å²) >= 11 is 5.76. The zero-order valence-electron chi connectivity index (χ0n) is 10.2. The SMILES string of the molecule is CCOc1ccnc(N(CCCl)CCOC)n1. The molecule has 0 spiro atoms. The van der Waals surface area contributed by atoms with Gasteiger partial charge in [0.15, 0.2) is 0 Å². The van der Waals surface area contributed by atoms with E-state index < -0.39 is 0 Å². The number of hydrogen-bond acceptors (Lipinski definition) is 5. The molecule has 96 valence electrons. The van der Waals surface area contributed by atoms with E-state index in [1.807, 2.05) is 11.8 Å². The van der Waals surface area contributed by atoms with Crippen LogP contribution in [0.3, 0.4) is 0 Å². The molecular weight excluding hydrogens is 242 g/mol. The van der Waals surface area contributed by atoms with Crippen LogP contribution in [0.15, 0.2) is 12.3 Å². The summed E-state index contributed by atoms with van der Waals surface area (Å²) in [7, 11) is 1.66. The topological polar surface area (TPSA) is 47.5 Å². The average Bonchev–Trinajstić information content (AvgIpc) is 2.35. The lowest BCUT2D eigenvalue weighted by molar-refractivity contribution is 0.205. The summed E-state index contributed by atoms with van der Waals surface area (Å²) in [4.78, 5) is 10.5. The Bertz CT molecular complexity index is 325. The van der Waals surface area contributed by atoms with Crippen LogP contribution in [0.2, 0.25) is 0 Å². The van der Waals surface area contributed by atoms with Crippen molar-refractivity contribution in [1.29, 1.82) is 0 Å². The molecular formula is C11H18ClN3O2. The molecule has 0 N–H and O–H groups in total. The second kappa shape index (κ2) is 8.08. The van der Waals surface area contributed by atoms with Gasteiger partial charge >= 0.3 is 0 Å². The van der Waals surface area contributed by atoms with Crippen LogP contribution in [0.5, 0.6) is 5.88 Å². The molecule has 5 nitrogen and oxygen atoms in total. The zero-order valence-corrected chi connectivity index (χ0v) is 11.0. The molecule has 1 rings (SSSR count). The normalized spacial score (nSPS) is 10.3. The summed E-state index contributed by atoms with van der Waals surface area (Å²) in [5, 5.41) is 0. The van der Waals surface area contributed by atoms with Crippen molar-refractivity contribution in [1.82, 2.24) is 9.97 Å². The van der Waals surface area contributed by atoms with Crippen LogP contribution in [0.1, 0.15) is 6.92 Å². The Hall–Kier alpha value is -1.07. The van der Waals surface area contributed by atoms with Gasteiger partial charge in [-0.1, -0.05) is 0 Å². The van der Waals surface area contributed by atoms with Gasteiger partial charge in [-0.05, 0) is 6.92 Å². The first-order valence-corrected chi connectivity index (χ1v) is 6.11. The largest absolute Gasteiger partial charge is 0.478 e. The predicted molar refractivity (Wildman–Crippen MR) is 68.0 cm³/mol. The van der Waals surface area contributed by atoms with E-state index in [-0.39, 0.29) is 0 Å². The van der Waals surface area contributed by atoms with Gasteiger partial charge in [0.1, 0.15) is 0 Å². The third-order valence-corrected chi connectivity index (χ3v) is 2.28. The number of nitrogens with zero attached hydrogens (tertiary/aromatic N) is 3. The van der Waals surface area contributed by atoms with Crippen molar-refractivity contribution in [3.63, 3.8) is 0 Å². The minimum absolute atomic E-state index is 0.520. The highest BCUT2D eigenvalue weighted by atomic mass is 35.5. The van der Waals surface area contributed by atoms with E-state index in [9.17, 15) is 0 Å². The number of methoxy groups -OCH3 is 1. The first-order chi connectivity index (χ1) is 8.31. The monoisotopic (exact) mass is 259 g/mol. The van der Waals surface area contributed by atoms with Crippen molar-refractivity contribution in [3.8, 4) is 5.88 Å². The fourth-order valence-electron chi connectivity index (χ4n) is 1.33. The molecule has 0 fully saturated rings. The van der Waals surface area contributed by atoms with E-state index in [0.29, 0.717) is 44.0 Å². The third-order valence-electron chi connectivity index (χ3n) is 2.11. The molecule has 6 heteroatoms. The molecule has 0 atom stereocenters. The molecule has 0 amide bonds. The van der Waals surface area contributed by atoms with Gasteiger partial charge < -0.3 is 14.4 Å². The zero-order chi connectivity index (χ0) is 12.5. The second-order valence-corrected chi connectivity index (χ2v) is 3.67. The standard InChI is InChI=1S/C11H18ClN3O2/c1-3-17-10-4-6-13-11(14-10)15(7-5-12)8-9-16-2/h4,6H,3,5,7-9H2,1-2H3. The van der Waals surface area contributed by atoms with Crippen LogP contribution in [0.25, 0.3) is 0 Å². The van der Waals surface area contributed by atoms with Crippen molar-refractivity contribution in [2.45, 2.75) is 6.92 Å². The lowest BCUT2D eigenvalue weighted by Crippen LogP contribution is -2.30. The van der Waals surface area contributed by atoms with E-state index in [4.69, 9.17) is 21.1 Å². The molecule has 0 unspecified atom stereocenters. The maximum absolute atomic E-state index is 5.76. The van der Waals surface area contributed by atoms with E-state index >= 15 is 0 Å². The molecule has 1 aromatic rings. The number of alkyl halides is 1. The Morgan fingerprint density at radius 2 is 2.24 bits per heavy atom. The maximum atomic E-state index is 5.76. The van der Waals surface area contributed by atoms with E-state index in [1.165, 1.54) is 0 Å². The van der Waals surface area contributed by atoms with Gasteiger partial charge in [-0.25, -0.2) is 4.98 Å². The Balaban J connectivity index is 2.73. The molecule has 1 heterocycles. The van der Waals surface area contributed by atoms with Gasteiger partial charge in [0, 0.05) is 38.3 Å². The fraction of sp³-hybridized carbons (Fsp3) is 0.636. The highest BCUT2D eigenvalue weighted by Gasteiger charge is 2.09. The van der Waals surface area contributed by atoms with E-state index in [0.717, 1.165) is 0 Å². The summed E-state index contributed by atoms with van der Waals surface area (Å²) in [5.41, 5.74) is 0. The summed E-state index contributed by atoms with van der Waals surface area (Å²) in [5.74, 6) is 1.72. The van der Waals surface area contributed by atoms with Crippen LogP contribution >= 0.6 is 11.6 Å². The molecule has 0 bridgehead atoms. The molecule has 0 saturated carbocycles. The van der Waals surface area contributed by atoms with Crippen LogP contribution in [0.4, 0.5) is 5.95 Å². The van der Waals surface area contributed by atoms with Gasteiger partial charge in [0.2, 0.25) is 11.8 Å². The van der Waals surface area contributed by atoms with Gasteiger partial charge in [0.25, 0.3) is 0 Å². The number of hydrogen-bond donors (Lipinski definition) is 0. The van der Waals surface area contributed by atoms with Crippen LogP contribution in [-0.4, -0.2) is 49.3 Å². The third kappa shape index (κ3) is 4.75. The molecule has 0 aromatic carbocycles. The summed E-state index contributed by atoms with van der Waals surface area (Å²) in [6.07, 6.45) is 1.68. The summed E-state index contributed by atoms with van der Waals surface area (Å²) in [6.45, 7) is 4.51. The van der Waals surface area contributed by atoms with Crippen molar-refractivity contribution >= 4 is 17.5 Å².